The molecule has 4 rings (SSSR count). The fourth-order valence-electron chi connectivity index (χ4n) is 3.68. The maximum Gasteiger partial charge on any atom is 0.266 e. The van der Waals surface area contributed by atoms with Crippen LogP contribution < -0.4 is 5.32 Å². The third-order valence-corrected chi connectivity index (χ3v) is 7.28. The Kier molecular flexibility index (Phi) is 6.10. The SMILES string of the molecule is Cc1sc(NC(=O)c2cccs2)c(C(c2ccc(F)cc2)N2CCOCC2)c1C. The van der Waals surface area contributed by atoms with Crippen LogP contribution in [0.3, 0.4) is 0 Å². The zero-order valence-corrected chi connectivity index (χ0v) is 18.0. The molecule has 4 nitrogen and oxygen atoms in total. The first kappa shape index (κ1) is 20.2. The number of hydrogen-bond acceptors (Lipinski definition) is 5. The lowest BCUT2D eigenvalue weighted by molar-refractivity contribution is 0.0240. The Morgan fingerprint density at radius 3 is 2.55 bits per heavy atom. The number of anilines is 1. The highest BCUT2D eigenvalue weighted by molar-refractivity contribution is 7.17. The van der Waals surface area contributed by atoms with E-state index >= 15 is 0 Å². The first-order valence-electron chi connectivity index (χ1n) is 9.56. The van der Waals surface area contributed by atoms with Crippen molar-refractivity contribution in [3.05, 3.63) is 74.0 Å². The van der Waals surface area contributed by atoms with E-state index in [2.05, 4.69) is 24.1 Å². The number of carbonyl (C=O) groups is 1. The number of amides is 1. The summed E-state index contributed by atoms with van der Waals surface area (Å²) in [6.07, 6.45) is 0. The highest BCUT2D eigenvalue weighted by Gasteiger charge is 2.30. The molecule has 1 atom stereocenters. The molecule has 0 saturated carbocycles. The molecule has 1 aromatic carbocycles. The van der Waals surface area contributed by atoms with Gasteiger partial charge in [-0.05, 0) is 48.6 Å². The molecule has 7 heteroatoms. The molecule has 1 N–H and O–H groups in total. The van der Waals surface area contributed by atoms with E-state index in [1.54, 1.807) is 11.3 Å². The number of halogens is 1. The second-order valence-corrected chi connectivity index (χ2v) is 9.23. The predicted octanol–water partition coefficient (Wildman–Crippen LogP) is 5.24. The summed E-state index contributed by atoms with van der Waals surface area (Å²) in [5.74, 6) is -0.346. The number of thiophene rings is 2. The number of rotatable bonds is 5. The average Bonchev–Trinajstić information content (AvgIpc) is 3.35. The molecule has 1 aliphatic heterocycles. The lowest BCUT2D eigenvalue weighted by Gasteiger charge is -2.35. The molecular formula is C22H23FN2O2S2. The Hall–Kier alpha value is -2.06. The minimum absolute atomic E-state index is 0.0666. The molecule has 152 valence electrons. The van der Waals surface area contributed by atoms with Gasteiger partial charge in [0.1, 0.15) is 10.8 Å². The number of nitrogens with zero attached hydrogens (tertiary/aromatic N) is 1. The van der Waals surface area contributed by atoms with Crippen molar-refractivity contribution >= 4 is 33.6 Å². The van der Waals surface area contributed by atoms with Gasteiger partial charge in [0.2, 0.25) is 0 Å². The Balaban J connectivity index is 1.77. The molecule has 1 saturated heterocycles. The number of benzene rings is 1. The van der Waals surface area contributed by atoms with Crippen molar-refractivity contribution in [2.24, 2.45) is 0 Å². The zero-order chi connectivity index (χ0) is 20.4. The Morgan fingerprint density at radius 1 is 1.17 bits per heavy atom. The van der Waals surface area contributed by atoms with Crippen LogP contribution in [0.2, 0.25) is 0 Å². The van der Waals surface area contributed by atoms with Crippen molar-refractivity contribution in [1.82, 2.24) is 4.90 Å². The van der Waals surface area contributed by atoms with Crippen molar-refractivity contribution in [3.8, 4) is 0 Å². The van der Waals surface area contributed by atoms with E-state index in [9.17, 15) is 9.18 Å². The maximum absolute atomic E-state index is 13.6. The molecule has 1 amide bonds. The fraction of sp³-hybridized carbons (Fsp3) is 0.318. The normalized spacial score (nSPS) is 16.0. The van der Waals surface area contributed by atoms with Crippen molar-refractivity contribution in [1.29, 1.82) is 0 Å². The van der Waals surface area contributed by atoms with Crippen molar-refractivity contribution in [3.63, 3.8) is 0 Å². The van der Waals surface area contributed by atoms with E-state index < -0.39 is 0 Å². The molecule has 0 aliphatic carbocycles. The van der Waals surface area contributed by atoms with Crippen molar-refractivity contribution in [2.75, 3.05) is 31.6 Å². The molecule has 1 unspecified atom stereocenters. The summed E-state index contributed by atoms with van der Waals surface area (Å²) in [5.41, 5.74) is 3.27. The van der Waals surface area contributed by atoms with Crippen LogP contribution in [0.15, 0.2) is 41.8 Å². The van der Waals surface area contributed by atoms with E-state index in [4.69, 9.17) is 4.74 Å². The first-order valence-corrected chi connectivity index (χ1v) is 11.3. The van der Waals surface area contributed by atoms with Crippen LogP contribution >= 0.6 is 22.7 Å². The van der Waals surface area contributed by atoms with Crippen LogP contribution in [0.5, 0.6) is 0 Å². The fourth-order valence-corrected chi connectivity index (χ4v) is 5.39. The van der Waals surface area contributed by atoms with Gasteiger partial charge in [-0.25, -0.2) is 4.39 Å². The maximum atomic E-state index is 13.6. The number of morpholine rings is 1. The summed E-state index contributed by atoms with van der Waals surface area (Å²) < 4.78 is 19.2. The molecule has 2 aromatic heterocycles. The highest BCUT2D eigenvalue weighted by Crippen LogP contribution is 2.42. The number of carbonyl (C=O) groups excluding carboxylic acids is 1. The van der Waals surface area contributed by atoms with E-state index in [0.717, 1.165) is 34.8 Å². The van der Waals surface area contributed by atoms with Crippen molar-refractivity contribution in [2.45, 2.75) is 19.9 Å². The van der Waals surface area contributed by atoms with E-state index in [1.165, 1.54) is 28.3 Å². The minimum atomic E-state index is -0.251. The summed E-state index contributed by atoms with van der Waals surface area (Å²) >= 11 is 3.02. The summed E-state index contributed by atoms with van der Waals surface area (Å²) in [5, 5.41) is 5.89. The van der Waals surface area contributed by atoms with Gasteiger partial charge in [-0.1, -0.05) is 18.2 Å². The van der Waals surface area contributed by atoms with Gasteiger partial charge in [0.15, 0.2) is 0 Å². The van der Waals surface area contributed by atoms with Crippen molar-refractivity contribution < 1.29 is 13.9 Å². The Bertz CT molecular complexity index is 977. The molecular weight excluding hydrogens is 407 g/mol. The molecule has 0 spiro atoms. The van der Waals surface area contributed by atoms with Gasteiger partial charge in [-0.15, -0.1) is 22.7 Å². The minimum Gasteiger partial charge on any atom is -0.379 e. The third-order valence-electron chi connectivity index (χ3n) is 5.27. The smallest absolute Gasteiger partial charge is 0.266 e. The molecule has 0 radical (unpaired) electrons. The Labute approximate surface area is 177 Å². The summed E-state index contributed by atoms with van der Waals surface area (Å²) in [6.45, 7) is 7.07. The molecule has 0 bridgehead atoms. The van der Waals surface area contributed by atoms with Crippen LogP contribution in [0.1, 0.15) is 37.3 Å². The second kappa shape index (κ2) is 8.75. The molecule has 1 fully saturated rings. The molecule has 3 aromatic rings. The van der Waals surface area contributed by atoms with Gasteiger partial charge in [0, 0.05) is 23.5 Å². The number of aryl methyl sites for hydroxylation is 1. The molecule has 29 heavy (non-hydrogen) atoms. The summed E-state index contributed by atoms with van der Waals surface area (Å²) in [7, 11) is 0. The van der Waals surface area contributed by atoms with E-state index in [0.29, 0.717) is 18.1 Å². The molecule has 3 heterocycles. The first-order chi connectivity index (χ1) is 14.0. The standard InChI is InChI=1S/C22H23FN2O2S2/c1-14-15(2)29-22(24-21(26)18-4-3-13-28-18)19(14)20(25-9-11-27-12-10-25)16-5-7-17(23)8-6-16/h3-8,13,20H,9-12H2,1-2H3,(H,24,26). The van der Waals surface area contributed by atoms with Crippen LogP contribution in [0.25, 0.3) is 0 Å². The zero-order valence-electron chi connectivity index (χ0n) is 16.4. The lowest BCUT2D eigenvalue weighted by Crippen LogP contribution is -2.39. The number of ether oxygens (including phenoxy) is 1. The van der Waals surface area contributed by atoms with Crippen LogP contribution in [0.4, 0.5) is 9.39 Å². The molecule has 1 aliphatic rings. The van der Waals surface area contributed by atoms with Crippen LogP contribution in [-0.2, 0) is 4.74 Å². The van der Waals surface area contributed by atoms with Gasteiger partial charge in [0.05, 0.1) is 24.1 Å². The number of hydrogen-bond donors (Lipinski definition) is 1. The average molecular weight is 431 g/mol. The lowest BCUT2D eigenvalue weighted by atomic mass is 9.94. The number of nitrogens with one attached hydrogen (secondary N) is 1. The van der Waals surface area contributed by atoms with E-state index in [-0.39, 0.29) is 17.8 Å². The third kappa shape index (κ3) is 4.28. The summed E-state index contributed by atoms with van der Waals surface area (Å²) in [4.78, 5) is 17.0. The van der Waals surface area contributed by atoms with Gasteiger partial charge in [0.25, 0.3) is 5.91 Å². The predicted molar refractivity (Wildman–Crippen MR) is 117 cm³/mol. The summed E-state index contributed by atoms with van der Waals surface area (Å²) in [6, 6.07) is 10.3. The highest BCUT2D eigenvalue weighted by atomic mass is 32.1. The monoisotopic (exact) mass is 430 g/mol. The topological polar surface area (TPSA) is 41.6 Å². The van der Waals surface area contributed by atoms with Gasteiger partial charge in [-0.2, -0.15) is 0 Å². The van der Waals surface area contributed by atoms with Gasteiger partial charge < -0.3 is 10.1 Å². The van der Waals surface area contributed by atoms with Gasteiger partial charge in [-0.3, -0.25) is 9.69 Å². The van der Waals surface area contributed by atoms with E-state index in [1.807, 2.05) is 29.6 Å². The second-order valence-electron chi connectivity index (χ2n) is 7.06. The van der Waals surface area contributed by atoms with Gasteiger partial charge >= 0.3 is 0 Å². The van der Waals surface area contributed by atoms with Crippen LogP contribution in [0, 0.1) is 19.7 Å². The quantitative estimate of drug-likeness (QED) is 0.602. The Morgan fingerprint density at radius 2 is 1.90 bits per heavy atom. The largest absolute Gasteiger partial charge is 0.379 e. The van der Waals surface area contributed by atoms with Crippen LogP contribution in [-0.4, -0.2) is 37.1 Å².